The van der Waals surface area contributed by atoms with Crippen molar-refractivity contribution in [2.45, 2.75) is 39.7 Å². The van der Waals surface area contributed by atoms with Crippen molar-refractivity contribution in [2.75, 3.05) is 0 Å². The normalized spacial score (nSPS) is 14.6. The van der Waals surface area contributed by atoms with Crippen LogP contribution >= 0.6 is 0 Å². The quantitative estimate of drug-likeness (QED) is 0.904. The highest BCUT2D eigenvalue weighted by Gasteiger charge is 2.26. The Bertz CT molecular complexity index is 541. The third-order valence-electron chi connectivity index (χ3n) is 3.02. The SMILES string of the molecule is Cc1nccc(-c2noc(C(C(C)C)C(C)N)n2)n1. The van der Waals surface area contributed by atoms with E-state index in [1.807, 2.05) is 13.8 Å². The van der Waals surface area contributed by atoms with Crippen LogP contribution in [0.25, 0.3) is 11.5 Å². The Morgan fingerprint density at radius 3 is 2.53 bits per heavy atom. The Morgan fingerprint density at radius 2 is 1.95 bits per heavy atom. The van der Waals surface area contributed by atoms with Gasteiger partial charge < -0.3 is 10.3 Å². The molecule has 2 aromatic heterocycles. The highest BCUT2D eigenvalue weighted by atomic mass is 16.5. The molecule has 0 aliphatic carbocycles. The molecule has 0 saturated carbocycles. The Hall–Kier alpha value is -1.82. The molecule has 2 atom stereocenters. The summed E-state index contributed by atoms with van der Waals surface area (Å²) < 4.78 is 5.34. The average molecular weight is 261 g/mol. The maximum Gasteiger partial charge on any atom is 0.231 e. The molecule has 0 radical (unpaired) electrons. The predicted octanol–water partition coefficient (Wildman–Crippen LogP) is 1.92. The zero-order valence-electron chi connectivity index (χ0n) is 11.7. The first-order chi connectivity index (χ1) is 8.99. The maximum atomic E-state index is 5.99. The Balaban J connectivity index is 2.33. The first-order valence-electron chi connectivity index (χ1n) is 6.38. The molecular formula is C13H19N5O. The Morgan fingerprint density at radius 1 is 1.21 bits per heavy atom. The van der Waals surface area contributed by atoms with E-state index in [0.717, 1.165) is 0 Å². The van der Waals surface area contributed by atoms with Crippen molar-refractivity contribution in [3.63, 3.8) is 0 Å². The lowest BCUT2D eigenvalue weighted by Gasteiger charge is -2.20. The van der Waals surface area contributed by atoms with Gasteiger partial charge in [-0.2, -0.15) is 4.98 Å². The maximum absolute atomic E-state index is 5.99. The van der Waals surface area contributed by atoms with Gasteiger partial charge in [-0.05, 0) is 25.8 Å². The van der Waals surface area contributed by atoms with Crippen molar-refractivity contribution < 1.29 is 4.52 Å². The molecule has 2 heterocycles. The molecule has 6 nitrogen and oxygen atoms in total. The van der Waals surface area contributed by atoms with E-state index in [4.69, 9.17) is 10.3 Å². The fourth-order valence-electron chi connectivity index (χ4n) is 2.17. The van der Waals surface area contributed by atoms with Gasteiger partial charge in [0.05, 0.1) is 5.92 Å². The van der Waals surface area contributed by atoms with Crippen LogP contribution in [0, 0.1) is 12.8 Å². The van der Waals surface area contributed by atoms with E-state index in [9.17, 15) is 0 Å². The zero-order valence-corrected chi connectivity index (χ0v) is 11.7. The van der Waals surface area contributed by atoms with E-state index in [2.05, 4.69) is 34.0 Å². The van der Waals surface area contributed by atoms with Gasteiger partial charge in [-0.15, -0.1) is 0 Å². The lowest BCUT2D eigenvalue weighted by molar-refractivity contribution is 0.300. The molecule has 0 spiro atoms. The number of aryl methyl sites for hydroxylation is 1. The number of nitrogens with two attached hydrogens (primary N) is 1. The van der Waals surface area contributed by atoms with Gasteiger partial charge in [0.15, 0.2) is 0 Å². The molecule has 0 aromatic carbocycles. The molecule has 0 amide bonds. The second-order valence-corrected chi connectivity index (χ2v) is 5.07. The van der Waals surface area contributed by atoms with E-state index < -0.39 is 0 Å². The smallest absolute Gasteiger partial charge is 0.231 e. The fourth-order valence-corrected chi connectivity index (χ4v) is 2.17. The molecule has 0 aliphatic rings. The van der Waals surface area contributed by atoms with Crippen molar-refractivity contribution in [2.24, 2.45) is 11.7 Å². The highest BCUT2D eigenvalue weighted by Crippen LogP contribution is 2.27. The van der Waals surface area contributed by atoms with Gasteiger partial charge in [0.1, 0.15) is 11.5 Å². The van der Waals surface area contributed by atoms with Gasteiger partial charge in [0.25, 0.3) is 0 Å². The number of rotatable bonds is 4. The topological polar surface area (TPSA) is 90.7 Å². The molecule has 102 valence electrons. The van der Waals surface area contributed by atoms with Crippen molar-refractivity contribution in [3.05, 3.63) is 24.0 Å². The Kier molecular flexibility index (Phi) is 3.90. The summed E-state index contributed by atoms with van der Waals surface area (Å²) in [5, 5.41) is 3.98. The van der Waals surface area contributed by atoms with Crippen molar-refractivity contribution >= 4 is 0 Å². The van der Waals surface area contributed by atoms with E-state index >= 15 is 0 Å². The molecule has 2 N–H and O–H groups in total. The lowest BCUT2D eigenvalue weighted by Crippen LogP contribution is -2.28. The second-order valence-electron chi connectivity index (χ2n) is 5.07. The molecule has 0 aliphatic heterocycles. The number of hydrogen-bond acceptors (Lipinski definition) is 6. The molecule has 0 saturated heterocycles. The second kappa shape index (κ2) is 5.44. The van der Waals surface area contributed by atoms with Crippen molar-refractivity contribution in [3.8, 4) is 11.5 Å². The summed E-state index contributed by atoms with van der Waals surface area (Å²) in [5.41, 5.74) is 6.65. The molecule has 2 rings (SSSR count). The van der Waals surface area contributed by atoms with Crippen LogP contribution in [0.15, 0.2) is 16.8 Å². The summed E-state index contributed by atoms with van der Waals surface area (Å²) in [6.45, 7) is 7.95. The van der Waals surface area contributed by atoms with Crippen molar-refractivity contribution in [1.29, 1.82) is 0 Å². The monoisotopic (exact) mass is 261 g/mol. The van der Waals surface area contributed by atoms with Crippen LogP contribution in [0.3, 0.4) is 0 Å². The molecule has 0 fully saturated rings. The minimum absolute atomic E-state index is 0.0413. The molecule has 2 unspecified atom stereocenters. The molecule has 6 heteroatoms. The Labute approximate surface area is 112 Å². The fraction of sp³-hybridized carbons (Fsp3) is 0.538. The van der Waals surface area contributed by atoms with Gasteiger partial charge in [0.2, 0.25) is 11.7 Å². The lowest BCUT2D eigenvalue weighted by atomic mass is 9.90. The summed E-state index contributed by atoms with van der Waals surface area (Å²) in [6, 6.07) is 1.72. The van der Waals surface area contributed by atoms with Crippen LogP contribution in [0.4, 0.5) is 0 Å². The van der Waals surface area contributed by atoms with Gasteiger partial charge >= 0.3 is 0 Å². The summed E-state index contributed by atoms with van der Waals surface area (Å²) >= 11 is 0. The van der Waals surface area contributed by atoms with Gasteiger partial charge in [-0.3, -0.25) is 0 Å². The molecule has 19 heavy (non-hydrogen) atoms. The van der Waals surface area contributed by atoms with E-state index in [1.165, 1.54) is 0 Å². The zero-order chi connectivity index (χ0) is 14.0. The van der Waals surface area contributed by atoms with Crippen LogP contribution < -0.4 is 5.73 Å². The number of nitrogens with zero attached hydrogens (tertiary/aromatic N) is 4. The summed E-state index contributed by atoms with van der Waals surface area (Å²) in [4.78, 5) is 12.7. The predicted molar refractivity (Wildman–Crippen MR) is 71.3 cm³/mol. The number of aromatic nitrogens is 4. The molecule has 2 aromatic rings. The summed E-state index contributed by atoms with van der Waals surface area (Å²) in [5.74, 6) is 2.10. The van der Waals surface area contributed by atoms with E-state index in [0.29, 0.717) is 29.2 Å². The van der Waals surface area contributed by atoms with E-state index in [-0.39, 0.29) is 12.0 Å². The summed E-state index contributed by atoms with van der Waals surface area (Å²) in [6.07, 6.45) is 1.68. The van der Waals surface area contributed by atoms with E-state index in [1.54, 1.807) is 12.3 Å². The van der Waals surface area contributed by atoms with Gasteiger partial charge in [0, 0.05) is 12.2 Å². The van der Waals surface area contributed by atoms with Gasteiger partial charge in [-0.1, -0.05) is 19.0 Å². The third kappa shape index (κ3) is 2.96. The van der Waals surface area contributed by atoms with Crippen LogP contribution in [-0.2, 0) is 0 Å². The number of hydrogen-bond donors (Lipinski definition) is 1. The molecular weight excluding hydrogens is 242 g/mol. The van der Waals surface area contributed by atoms with Gasteiger partial charge in [-0.25, -0.2) is 9.97 Å². The van der Waals surface area contributed by atoms with Crippen LogP contribution in [0.2, 0.25) is 0 Å². The first kappa shape index (κ1) is 13.6. The third-order valence-corrected chi connectivity index (χ3v) is 3.02. The van der Waals surface area contributed by atoms with Crippen LogP contribution in [0.1, 0.15) is 38.4 Å². The summed E-state index contributed by atoms with van der Waals surface area (Å²) in [7, 11) is 0. The minimum Gasteiger partial charge on any atom is -0.339 e. The first-order valence-corrected chi connectivity index (χ1v) is 6.38. The average Bonchev–Trinajstić information content (AvgIpc) is 2.77. The largest absolute Gasteiger partial charge is 0.339 e. The highest BCUT2D eigenvalue weighted by molar-refractivity contribution is 5.47. The van der Waals surface area contributed by atoms with Crippen LogP contribution in [0.5, 0.6) is 0 Å². The van der Waals surface area contributed by atoms with Crippen LogP contribution in [-0.4, -0.2) is 26.2 Å². The standard InChI is InChI=1S/C13H19N5O/c1-7(2)11(8(3)14)13-17-12(18-19-13)10-5-6-15-9(4)16-10/h5-8,11H,14H2,1-4H3. The minimum atomic E-state index is -0.0413. The molecule has 0 bridgehead atoms. The van der Waals surface area contributed by atoms with Crippen molar-refractivity contribution in [1.82, 2.24) is 20.1 Å².